The van der Waals surface area contributed by atoms with Crippen molar-refractivity contribution in [2.75, 3.05) is 113 Å². The Balaban J connectivity index is 1.11. The molecule has 0 spiro atoms. The van der Waals surface area contributed by atoms with Crippen LogP contribution in [0.1, 0.15) is 97.7 Å². The summed E-state index contributed by atoms with van der Waals surface area (Å²) in [6.07, 6.45) is -4.14. The number of H-pyrrole nitrogens is 1. The highest BCUT2D eigenvalue weighted by Gasteiger charge is 2.53. The molecule has 0 aliphatic carbocycles. The summed E-state index contributed by atoms with van der Waals surface area (Å²) in [5, 5.41) is 2.66. The fourth-order valence-corrected chi connectivity index (χ4v) is 17.6. The van der Waals surface area contributed by atoms with Gasteiger partial charge in [0.2, 0.25) is 5.91 Å². The van der Waals surface area contributed by atoms with E-state index in [1.807, 2.05) is 78.9 Å². The SMILES string of the molecule is COc1ccc(C(OC[C@]2(CO[Si](C(C)C)(C(C)C)C(C)C)CN(CCOCCOCCOCCOCCO[C@@H]3O[C@H](COC(C)=O)[C@H](OC(C)=O)[C@H](OC(C)=O)[C@H]3NC(C)=O)C[C@H](n3cc(C)c(=O)[nH]c3=O)O2)(c2ccccc2)c2ccc(OC)cc2)cc1. The minimum absolute atomic E-state index is 0.0127. The van der Waals surface area contributed by atoms with E-state index in [9.17, 15) is 28.8 Å². The van der Waals surface area contributed by atoms with Crippen molar-refractivity contribution in [1.29, 1.82) is 0 Å². The van der Waals surface area contributed by atoms with Crippen LogP contribution in [0.4, 0.5) is 0 Å². The minimum Gasteiger partial charge on any atom is -0.497 e. The Hall–Kier alpha value is -6.36. The number of methoxy groups -OCH3 is 2. The molecule has 2 N–H and O–H groups in total. The molecule has 3 aromatic carbocycles. The number of ether oxygens (including phenoxy) is 13. The van der Waals surface area contributed by atoms with Crippen LogP contribution in [0.25, 0.3) is 0 Å². The molecule has 6 rings (SSSR count). The molecule has 2 fully saturated rings. The number of morpholine rings is 1. The van der Waals surface area contributed by atoms with Gasteiger partial charge in [0, 0.05) is 59.1 Å². The molecule has 0 bridgehead atoms. The lowest BCUT2D eigenvalue weighted by Gasteiger charge is -2.50. The molecule has 0 radical (unpaired) electrons. The largest absolute Gasteiger partial charge is 0.497 e. The molecule has 2 aliphatic rings. The van der Waals surface area contributed by atoms with Crippen molar-refractivity contribution in [3.63, 3.8) is 0 Å². The van der Waals surface area contributed by atoms with Crippen LogP contribution in [0.3, 0.4) is 0 Å². The van der Waals surface area contributed by atoms with Crippen LogP contribution < -0.4 is 26.0 Å². The molecule has 0 saturated carbocycles. The molecular formula is C65H94N4O20Si. The van der Waals surface area contributed by atoms with Gasteiger partial charge in [-0.25, -0.2) is 4.79 Å². The quantitative estimate of drug-likeness (QED) is 0.0165. The van der Waals surface area contributed by atoms with Crippen molar-refractivity contribution in [3.05, 3.63) is 128 Å². The number of aryl methyl sites for hydroxylation is 1. The van der Waals surface area contributed by atoms with Gasteiger partial charge in [0.1, 0.15) is 41.5 Å². The maximum Gasteiger partial charge on any atom is 0.330 e. The maximum atomic E-state index is 13.9. The van der Waals surface area contributed by atoms with Gasteiger partial charge in [-0.1, -0.05) is 96.1 Å². The highest BCUT2D eigenvalue weighted by Crippen LogP contribution is 2.46. The van der Waals surface area contributed by atoms with E-state index in [0.717, 1.165) is 30.5 Å². The van der Waals surface area contributed by atoms with Crippen LogP contribution >= 0.6 is 0 Å². The first kappa shape index (κ1) is 72.7. The molecule has 1 aromatic heterocycles. The van der Waals surface area contributed by atoms with Gasteiger partial charge in [-0.3, -0.25) is 38.4 Å². The van der Waals surface area contributed by atoms with Gasteiger partial charge in [0.15, 0.2) is 33.0 Å². The number of nitrogens with zero attached hydrogens (tertiary/aromatic N) is 2. The van der Waals surface area contributed by atoms with Gasteiger partial charge in [-0.2, -0.15) is 0 Å². The topological polar surface area (TPSA) is 268 Å². The summed E-state index contributed by atoms with van der Waals surface area (Å²) in [4.78, 5) is 79.6. The Kier molecular flexibility index (Phi) is 28.2. The first-order chi connectivity index (χ1) is 43.0. The predicted octanol–water partition coefficient (Wildman–Crippen LogP) is 6.37. The average Bonchev–Trinajstić information content (AvgIpc) is 0.906. The second-order valence-corrected chi connectivity index (χ2v) is 28.9. The average molecular weight is 1280 g/mol. The molecule has 498 valence electrons. The second kappa shape index (κ2) is 34.9. The van der Waals surface area contributed by atoms with Crippen LogP contribution in [0.15, 0.2) is 94.6 Å². The van der Waals surface area contributed by atoms with E-state index in [1.54, 1.807) is 27.3 Å². The number of aromatic nitrogens is 2. The van der Waals surface area contributed by atoms with Crippen molar-refractivity contribution < 1.29 is 85.2 Å². The molecule has 24 nitrogen and oxygen atoms in total. The van der Waals surface area contributed by atoms with E-state index in [1.165, 1.54) is 18.4 Å². The van der Waals surface area contributed by atoms with Gasteiger partial charge >= 0.3 is 23.6 Å². The van der Waals surface area contributed by atoms with Gasteiger partial charge in [-0.05, 0) is 64.5 Å². The summed E-state index contributed by atoms with van der Waals surface area (Å²) in [5.41, 5.74) is 0.0351. The van der Waals surface area contributed by atoms with Crippen molar-refractivity contribution in [2.45, 2.75) is 141 Å². The first-order valence-corrected chi connectivity index (χ1v) is 32.8. The highest BCUT2D eigenvalue weighted by atomic mass is 28.4. The number of carbonyl (C=O) groups excluding carboxylic acids is 4. The van der Waals surface area contributed by atoms with E-state index >= 15 is 0 Å². The van der Waals surface area contributed by atoms with Crippen LogP contribution in [0, 0.1) is 6.92 Å². The number of hydrogen-bond donors (Lipinski definition) is 2. The van der Waals surface area contributed by atoms with Crippen molar-refractivity contribution in [2.24, 2.45) is 0 Å². The van der Waals surface area contributed by atoms with Crippen LogP contribution in [-0.2, 0) is 81.3 Å². The normalized spacial score (nSPS) is 20.7. The summed E-state index contributed by atoms with van der Waals surface area (Å²) < 4.78 is 86.8. The third-order valence-electron chi connectivity index (χ3n) is 16.0. The van der Waals surface area contributed by atoms with E-state index in [-0.39, 0.29) is 95.8 Å². The van der Waals surface area contributed by atoms with Gasteiger partial charge in [0.25, 0.3) is 5.56 Å². The molecule has 4 aromatic rings. The maximum absolute atomic E-state index is 13.9. The zero-order valence-corrected chi connectivity index (χ0v) is 55.4. The van der Waals surface area contributed by atoms with Crippen molar-refractivity contribution in [1.82, 2.24) is 19.8 Å². The minimum atomic E-state index is -2.59. The number of amides is 1. The lowest BCUT2D eigenvalue weighted by molar-refractivity contribution is -0.279. The van der Waals surface area contributed by atoms with Crippen LogP contribution in [0.2, 0.25) is 16.6 Å². The third-order valence-corrected chi connectivity index (χ3v) is 22.1. The lowest BCUT2D eigenvalue weighted by atomic mass is 9.79. The molecular weight excluding hydrogens is 1180 g/mol. The van der Waals surface area contributed by atoms with Crippen LogP contribution in [-0.4, -0.2) is 196 Å². The number of hydrogen-bond acceptors (Lipinski definition) is 21. The number of aromatic amines is 1. The number of esters is 3. The Morgan fingerprint density at radius 2 is 1.19 bits per heavy atom. The van der Waals surface area contributed by atoms with Gasteiger partial charge in [0.05, 0.1) is 86.9 Å². The van der Waals surface area contributed by atoms with E-state index in [4.69, 9.17) is 66.0 Å². The van der Waals surface area contributed by atoms with E-state index < -0.39 is 91.5 Å². The third kappa shape index (κ3) is 19.6. The number of carbonyl (C=O) groups is 4. The Morgan fingerprint density at radius 1 is 0.678 bits per heavy atom. The summed E-state index contributed by atoms with van der Waals surface area (Å²) in [6.45, 7) is 22.6. The fraction of sp³-hybridized carbons (Fsp3) is 0.600. The highest BCUT2D eigenvalue weighted by molar-refractivity contribution is 6.77. The summed E-state index contributed by atoms with van der Waals surface area (Å²) in [5.74, 6) is -1.18. The molecule has 0 unspecified atom stereocenters. The van der Waals surface area contributed by atoms with Gasteiger partial charge < -0.3 is 71.3 Å². The Bertz CT molecular complexity index is 2930. The molecule has 1 amide bonds. The molecule has 25 heteroatoms. The zero-order valence-electron chi connectivity index (χ0n) is 54.4. The summed E-state index contributed by atoms with van der Waals surface area (Å²) >= 11 is 0. The van der Waals surface area contributed by atoms with E-state index in [2.05, 4.69) is 56.7 Å². The lowest BCUT2D eigenvalue weighted by Crippen LogP contribution is -2.66. The van der Waals surface area contributed by atoms with Crippen LogP contribution in [0.5, 0.6) is 11.5 Å². The number of nitrogens with one attached hydrogen (secondary N) is 2. The number of rotatable bonds is 36. The van der Waals surface area contributed by atoms with E-state index in [0.29, 0.717) is 36.8 Å². The second-order valence-electron chi connectivity index (χ2n) is 23.4. The Morgan fingerprint density at radius 3 is 1.69 bits per heavy atom. The monoisotopic (exact) mass is 1280 g/mol. The zero-order chi connectivity index (χ0) is 65.6. The standard InChI is InChI=1S/C65H94N4O20Si/c1-43(2)90(44(3)4,45(5)6)85-42-64(41-84-65(51-17-15-14-16-18-51,52-19-23-54(76-12)24-20-52)53-21-25-55(77-13)26-22-53)40-68(38-57(89-64)69-37-46(7)61(74)67-63(69)75)27-28-78-29-30-79-31-32-80-33-34-81-35-36-82-62-58(66-47(8)70)60(87-50(11)73)59(86-49(10)72)56(88-62)39-83-48(9)71/h14-26,37,43-45,56-60,62H,27-36,38-42H2,1-13H3,(H,66,70)(H,67,74,75)/t56-,57-,58-,59+,60-,62-,64+/m1/s1. The summed E-state index contributed by atoms with van der Waals surface area (Å²) in [7, 11) is 0.672. The molecule has 90 heavy (non-hydrogen) atoms. The molecule has 3 heterocycles. The first-order valence-electron chi connectivity index (χ1n) is 30.7. The molecule has 7 atom stereocenters. The van der Waals surface area contributed by atoms with Gasteiger partial charge in [-0.15, -0.1) is 0 Å². The molecule has 2 saturated heterocycles. The number of benzene rings is 3. The smallest absolute Gasteiger partial charge is 0.330 e. The summed E-state index contributed by atoms with van der Waals surface area (Å²) in [6, 6.07) is 24.6. The predicted molar refractivity (Wildman–Crippen MR) is 334 cm³/mol. The van der Waals surface area contributed by atoms with Crippen molar-refractivity contribution in [3.8, 4) is 11.5 Å². The Labute approximate surface area is 528 Å². The molecule has 2 aliphatic heterocycles. The fourth-order valence-electron chi connectivity index (χ4n) is 12.1. The van der Waals surface area contributed by atoms with Crippen molar-refractivity contribution >= 4 is 32.1 Å².